The van der Waals surface area contributed by atoms with Crippen LogP contribution in [0.1, 0.15) is 42.5 Å². The van der Waals surface area contributed by atoms with E-state index < -0.39 is 18.8 Å². The molecule has 1 aliphatic heterocycles. The largest absolute Gasteiger partial charge is 0.497 e. The zero-order valence-electron chi connectivity index (χ0n) is 35.3. The zero-order valence-corrected chi connectivity index (χ0v) is 37.1. The minimum absolute atomic E-state index is 0.00903. The lowest BCUT2D eigenvalue weighted by Gasteiger charge is -2.38. The lowest BCUT2D eigenvalue weighted by atomic mass is 9.79. The molecule has 6 aromatic rings. The molecule has 2 aromatic heterocycles. The van der Waals surface area contributed by atoms with Crippen LogP contribution in [-0.4, -0.2) is 77.1 Å². The van der Waals surface area contributed by atoms with Crippen LogP contribution in [0.25, 0.3) is 11.2 Å². The first kappa shape index (κ1) is 44.9. The third-order valence-corrected chi connectivity index (χ3v) is 13.5. The van der Waals surface area contributed by atoms with Crippen molar-refractivity contribution in [3.05, 3.63) is 144 Å². The van der Waals surface area contributed by atoms with Crippen LogP contribution in [-0.2, 0) is 46.6 Å². The molecule has 3 atom stereocenters. The molecule has 1 saturated heterocycles. The van der Waals surface area contributed by atoms with Crippen LogP contribution in [0.3, 0.4) is 0 Å². The topological polar surface area (TPSA) is 171 Å². The number of nitrogens with two attached hydrogens (primary N) is 1. The smallest absolute Gasteiger partial charge is 0.405 e. The van der Waals surface area contributed by atoms with Gasteiger partial charge in [0.2, 0.25) is 0 Å². The first-order chi connectivity index (χ1) is 30.0. The summed E-state index contributed by atoms with van der Waals surface area (Å²) in [5.41, 5.74) is 8.71. The monoisotopic (exact) mass is 880 g/mol. The molecule has 1 fully saturated rings. The van der Waals surface area contributed by atoms with Crippen LogP contribution in [0.15, 0.2) is 122 Å². The first-order valence-corrected chi connectivity index (χ1v) is 22.9. The van der Waals surface area contributed by atoms with Crippen LogP contribution in [0.2, 0.25) is 0 Å². The van der Waals surface area contributed by atoms with E-state index in [0.29, 0.717) is 48.1 Å². The number of rotatable bonds is 21. The predicted octanol–water partition coefficient (Wildman–Crippen LogP) is 8.06. The molecule has 0 aliphatic carbocycles. The number of benzene rings is 4. The highest BCUT2D eigenvalue weighted by molar-refractivity contribution is 8.13. The van der Waals surface area contributed by atoms with Crippen molar-refractivity contribution in [1.29, 1.82) is 0 Å². The highest BCUT2D eigenvalue weighted by atomic mass is 32.2. The summed E-state index contributed by atoms with van der Waals surface area (Å²) in [4.78, 5) is 26.7. The van der Waals surface area contributed by atoms with Crippen molar-refractivity contribution in [3.8, 4) is 11.5 Å². The molecule has 0 radical (unpaired) electrons. The molecule has 3 heterocycles. The van der Waals surface area contributed by atoms with E-state index in [1.54, 1.807) is 20.5 Å². The fourth-order valence-corrected chi connectivity index (χ4v) is 9.59. The lowest BCUT2D eigenvalue weighted by Crippen LogP contribution is -2.38. The van der Waals surface area contributed by atoms with Gasteiger partial charge in [-0.2, -0.15) is 0 Å². The number of hydrogen-bond acceptors (Lipinski definition) is 13. The highest BCUT2D eigenvalue weighted by Crippen LogP contribution is 2.46. The summed E-state index contributed by atoms with van der Waals surface area (Å²) in [7, 11) is -0.586. The molecule has 14 nitrogen and oxygen atoms in total. The van der Waals surface area contributed by atoms with Crippen molar-refractivity contribution in [3.63, 3.8) is 0 Å². The number of nitrogen functional groups attached to an aromatic ring is 1. The summed E-state index contributed by atoms with van der Waals surface area (Å²) >= 11 is 1.10. The second-order valence-electron chi connectivity index (χ2n) is 15.6. The number of nitrogens with zero attached hydrogens (tertiary/aromatic N) is 4. The molecule has 3 N–H and O–H groups in total. The summed E-state index contributed by atoms with van der Waals surface area (Å²) in [6, 6.07) is 35.1. The van der Waals surface area contributed by atoms with E-state index in [9.17, 15) is 9.36 Å². The van der Waals surface area contributed by atoms with Gasteiger partial charge in [-0.25, -0.2) is 24.6 Å². The molecule has 4 aromatic carbocycles. The maximum absolute atomic E-state index is 14.2. The van der Waals surface area contributed by atoms with Crippen molar-refractivity contribution < 1.29 is 37.4 Å². The number of fused-ring (bicyclic) bond motifs is 1. The summed E-state index contributed by atoms with van der Waals surface area (Å²) in [5, 5.41) is 2.91. The first-order valence-electron chi connectivity index (χ1n) is 20.4. The Morgan fingerprint density at radius 3 is 2.15 bits per heavy atom. The Hall–Kier alpha value is -5.12. The Morgan fingerprint density at radius 2 is 1.50 bits per heavy atom. The van der Waals surface area contributed by atoms with E-state index >= 15 is 0 Å². The molecule has 62 heavy (non-hydrogen) atoms. The molecule has 0 amide bonds. The Bertz CT molecular complexity index is 2370. The average Bonchev–Trinajstić information content (AvgIpc) is 3.95. The third kappa shape index (κ3) is 10.7. The highest BCUT2D eigenvalue weighted by Gasteiger charge is 2.41. The minimum atomic E-state index is -3.84. The second kappa shape index (κ2) is 20.4. The number of carbonyl (C=O) groups excluding carboxylic acids is 1. The molecule has 0 saturated carbocycles. The van der Waals surface area contributed by atoms with Gasteiger partial charge in [0.15, 0.2) is 16.6 Å². The predicted molar refractivity (Wildman–Crippen MR) is 240 cm³/mol. The van der Waals surface area contributed by atoms with Crippen LogP contribution >= 0.6 is 19.5 Å². The zero-order chi connectivity index (χ0) is 43.6. The normalized spacial score (nSPS) is 16.6. The van der Waals surface area contributed by atoms with Gasteiger partial charge in [-0.15, -0.1) is 0 Å². The van der Waals surface area contributed by atoms with Crippen molar-refractivity contribution in [2.24, 2.45) is 11.3 Å². The van der Waals surface area contributed by atoms with Crippen LogP contribution in [0.5, 0.6) is 11.5 Å². The lowest BCUT2D eigenvalue weighted by molar-refractivity contribution is -0.124. The van der Waals surface area contributed by atoms with E-state index in [0.717, 1.165) is 34.0 Å². The van der Waals surface area contributed by atoms with Gasteiger partial charge < -0.3 is 29.2 Å². The Balaban J connectivity index is 0.990. The molecule has 1 aliphatic rings. The van der Waals surface area contributed by atoms with E-state index in [2.05, 4.69) is 20.0 Å². The number of methoxy groups -OCH3 is 2. The van der Waals surface area contributed by atoms with Gasteiger partial charge in [0.25, 0.3) is 0 Å². The van der Waals surface area contributed by atoms with Crippen LogP contribution < -0.4 is 20.3 Å². The summed E-state index contributed by atoms with van der Waals surface area (Å²) in [5.74, 6) is 2.14. The number of hydrogen-bond donors (Lipinski definition) is 2. The van der Waals surface area contributed by atoms with Crippen molar-refractivity contribution in [2.45, 2.75) is 45.1 Å². The van der Waals surface area contributed by atoms with Crippen molar-refractivity contribution >= 4 is 41.6 Å². The van der Waals surface area contributed by atoms with Gasteiger partial charge >= 0.3 is 7.75 Å². The number of anilines is 1. The van der Waals surface area contributed by atoms with E-state index in [4.69, 9.17) is 33.7 Å². The number of thioether (sulfide) groups is 1. The quantitative estimate of drug-likeness (QED) is 0.0404. The summed E-state index contributed by atoms with van der Waals surface area (Å²) < 4.78 is 52.2. The molecular weight excluding hydrogens is 828 g/mol. The van der Waals surface area contributed by atoms with Gasteiger partial charge in [0, 0.05) is 24.8 Å². The molecule has 326 valence electrons. The standard InChI is InChI=1S/C46H53N6O8PS/c1-45(2,30-58-46(35-13-9-6-10-14-35,36-15-19-38(55-3)20-16-36)37-17-21-39(56-4)22-18-37)44(53)62-24-23-59-61(54,51-26-33-11-7-5-8-12-33)60-29-40-25-34(28-57-40)27-52-32-50-41-42(47)48-31-49-43(41)52/h5-22,31-32,34,40H,23-30H2,1-4H3,(H,51,54)(H2,47,48,49)/t34?,40-,61?/m1/s1. The number of nitrogens with one attached hydrogen (secondary N) is 1. The Kier molecular flexibility index (Phi) is 14.8. The minimum Gasteiger partial charge on any atom is -0.497 e. The molecular formula is C46H53N6O8PS. The van der Waals surface area contributed by atoms with E-state index in [1.807, 2.05) is 128 Å². The third-order valence-electron chi connectivity index (χ3n) is 10.8. The molecule has 16 heteroatoms. The Labute approximate surface area is 366 Å². The van der Waals surface area contributed by atoms with Gasteiger partial charge in [0.05, 0.1) is 58.5 Å². The molecule has 0 spiro atoms. The molecule has 2 unspecified atom stereocenters. The number of aromatic nitrogens is 4. The van der Waals surface area contributed by atoms with Crippen molar-refractivity contribution in [1.82, 2.24) is 24.6 Å². The van der Waals surface area contributed by atoms with Gasteiger partial charge in [-0.1, -0.05) is 96.7 Å². The number of imidazole rings is 1. The SMILES string of the molecule is COc1ccc(C(OCC(C)(C)C(=O)SCCOP(=O)(NCc2ccccc2)OC[C@H]2CC(Cn3cnc4c(N)ncnc43)CO2)(c2ccccc2)c2ccc(OC)cc2)cc1. The van der Waals surface area contributed by atoms with Gasteiger partial charge in [-0.3, -0.25) is 13.8 Å². The fraction of sp³-hybridized carbons (Fsp3) is 0.348. The van der Waals surface area contributed by atoms with Gasteiger partial charge in [-0.05, 0) is 66.8 Å². The average molecular weight is 881 g/mol. The van der Waals surface area contributed by atoms with Crippen LogP contribution in [0, 0.1) is 11.3 Å². The Morgan fingerprint density at radius 1 is 0.871 bits per heavy atom. The number of ether oxygens (including phenoxy) is 4. The maximum Gasteiger partial charge on any atom is 0.405 e. The van der Waals surface area contributed by atoms with Crippen LogP contribution in [0.4, 0.5) is 5.82 Å². The second-order valence-corrected chi connectivity index (χ2v) is 18.5. The van der Waals surface area contributed by atoms with E-state index in [1.165, 1.54) is 6.33 Å². The van der Waals surface area contributed by atoms with Crippen molar-refractivity contribution in [2.75, 3.05) is 52.1 Å². The maximum atomic E-state index is 14.2. The molecule has 0 bridgehead atoms. The fourth-order valence-electron chi connectivity index (χ4n) is 7.34. The van der Waals surface area contributed by atoms with Gasteiger partial charge in [0.1, 0.15) is 28.9 Å². The molecule has 7 rings (SSSR count). The van der Waals surface area contributed by atoms with E-state index in [-0.39, 0.29) is 49.3 Å². The summed E-state index contributed by atoms with van der Waals surface area (Å²) in [6.07, 6.45) is 3.49. The number of carbonyl (C=O) groups is 1. The summed E-state index contributed by atoms with van der Waals surface area (Å²) in [6.45, 7) is 5.21.